The first-order valence-corrected chi connectivity index (χ1v) is 7.51. The van der Waals surface area contributed by atoms with Crippen molar-refractivity contribution in [1.82, 2.24) is 0 Å². The summed E-state index contributed by atoms with van der Waals surface area (Å²) < 4.78 is 22.2. The normalized spacial score (nSPS) is 13.1. The van der Waals surface area contributed by atoms with Crippen LogP contribution in [0.25, 0.3) is 0 Å². The van der Waals surface area contributed by atoms with E-state index in [1.807, 2.05) is 0 Å². The minimum atomic E-state index is -3.08. The fraction of sp³-hybridized carbons (Fsp3) is 0.400. The first kappa shape index (κ1) is 14.7. The molecule has 0 saturated carbocycles. The highest BCUT2D eigenvalue weighted by Gasteiger charge is 2.14. The lowest BCUT2D eigenvalue weighted by atomic mass is 10.2. The molecular weight excluding hydrogens is 280 g/mol. The van der Waals surface area contributed by atoms with Gasteiger partial charge < -0.3 is 5.32 Å². The number of hydrogen-bond acceptors (Lipinski definition) is 5. The predicted molar refractivity (Wildman–Crippen MR) is 70.9 cm³/mol. The lowest BCUT2D eigenvalue weighted by molar-refractivity contribution is -0.384. The molecule has 0 aliphatic rings. The summed E-state index contributed by atoms with van der Waals surface area (Å²) in [6.07, 6.45) is 1.15. The lowest BCUT2D eigenvalue weighted by Gasteiger charge is -2.14. The first-order chi connectivity index (χ1) is 8.19. The number of hydrogen-bond donors (Lipinski definition) is 1. The van der Waals surface area contributed by atoms with Crippen LogP contribution in [-0.2, 0) is 9.84 Å². The topological polar surface area (TPSA) is 89.3 Å². The highest BCUT2D eigenvalue weighted by Crippen LogP contribution is 2.27. The van der Waals surface area contributed by atoms with E-state index in [0.717, 1.165) is 6.26 Å². The molecule has 0 aliphatic heterocycles. The molecule has 0 fully saturated rings. The number of sulfone groups is 1. The lowest BCUT2D eigenvalue weighted by Crippen LogP contribution is -2.24. The minimum Gasteiger partial charge on any atom is -0.382 e. The summed E-state index contributed by atoms with van der Waals surface area (Å²) in [5, 5.41) is 13.5. The molecule has 0 heterocycles. The Morgan fingerprint density at radius 2 is 2.11 bits per heavy atom. The Morgan fingerprint density at radius 1 is 1.50 bits per heavy atom. The van der Waals surface area contributed by atoms with E-state index < -0.39 is 14.8 Å². The van der Waals surface area contributed by atoms with Gasteiger partial charge in [-0.05, 0) is 19.1 Å². The van der Waals surface area contributed by atoms with Crippen molar-refractivity contribution in [3.63, 3.8) is 0 Å². The van der Waals surface area contributed by atoms with Crippen LogP contribution in [0, 0.1) is 10.1 Å². The van der Waals surface area contributed by atoms with Crippen molar-refractivity contribution in [1.29, 1.82) is 0 Å². The summed E-state index contributed by atoms with van der Waals surface area (Å²) >= 11 is 5.74. The van der Waals surface area contributed by atoms with E-state index in [-0.39, 0.29) is 22.5 Å². The van der Waals surface area contributed by atoms with Crippen molar-refractivity contribution in [2.75, 3.05) is 17.3 Å². The third-order valence-electron chi connectivity index (χ3n) is 2.11. The number of nitrogens with zero attached hydrogens (tertiary/aromatic N) is 1. The highest BCUT2D eigenvalue weighted by atomic mass is 35.5. The molecule has 100 valence electrons. The second-order valence-electron chi connectivity index (χ2n) is 4.06. The maximum absolute atomic E-state index is 11.1. The van der Waals surface area contributed by atoms with Crippen LogP contribution in [0.15, 0.2) is 18.2 Å². The van der Waals surface area contributed by atoms with Crippen LogP contribution in [-0.4, -0.2) is 31.4 Å². The summed E-state index contributed by atoms with van der Waals surface area (Å²) in [7, 11) is -3.08. The van der Waals surface area contributed by atoms with Crippen LogP contribution in [0.2, 0.25) is 5.02 Å². The van der Waals surface area contributed by atoms with Gasteiger partial charge in [0.25, 0.3) is 5.69 Å². The summed E-state index contributed by atoms with van der Waals surface area (Å²) in [6, 6.07) is 3.86. The number of nitro groups is 1. The first-order valence-electron chi connectivity index (χ1n) is 5.07. The molecule has 8 heteroatoms. The van der Waals surface area contributed by atoms with E-state index in [1.165, 1.54) is 18.2 Å². The molecule has 6 nitrogen and oxygen atoms in total. The second-order valence-corrected chi connectivity index (χ2v) is 6.65. The molecule has 0 saturated heterocycles. The minimum absolute atomic E-state index is 0.0107. The van der Waals surface area contributed by atoms with E-state index in [4.69, 9.17) is 11.6 Å². The molecule has 1 aromatic carbocycles. The number of benzene rings is 1. The third kappa shape index (κ3) is 4.50. The molecule has 0 spiro atoms. The van der Waals surface area contributed by atoms with Crippen LogP contribution in [0.5, 0.6) is 0 Å². The van der Waals surface area contributed by atoms with Gasteiger partial charge in [0.15, 0.2) is 0 Å². The van der Waals surface area contributed by atoms with Gasteiger partial charge in [-0.15, -0.1) is 0 Å². The zero-order chi connectivity index (χ0) is 13.9. The van der Waals surface area contributed by atoms with Gasteiger partial charge in [0.2, 0.25) is 0 Å². The van der Waals surface area contributed by atoms with Gasteiger partial charge in [-0.3, -0.25) is 10.1 Å². The van der Waals surface area contributed by atoms with E-state index >= 15 is 0 Å². The zero-order valence-electron chi connectivity index (χ0n) is 9.88. The van der Waals surface area contributed by atoms with Crippen LogP contribution >= 0.6 is 11.6 Å². The molecule has 0 aromatic heterocycles. The highest BCUT2D eigenvalue weighted by molar-refractivity contribution is 7.90. The monoisotopic (exact) mass is 292 g/mol. The van der Waals surface area contributed by atoms with Crippen LogP contribution in [0.3, 0.4) is 0 Å². The van der Waals surface area contributed by atoms with Gasteiger partial charge in [-0.1, -0.05) is 11.6 Å². The Morgan fingerprint density at radius 3 is 2.56 bits per heavy atom. The average Bonchev–Trinajstić information content (AvgIpc) is 2.13. The van der Waals surface area contributed by atoms with Crippen molar-refractivity contribution in [3.05, 3.63) is 33.3 Å². The van der Waals surface area contributed by atoms with E-state index in [9.17, 15) is 18.5 Å². The van der Waals surface area contributed by atoms with Crippen LogP contribution < -0.4 is 5.32 Å². The Balaban J connectivity index is 2.81. The molecule has 1 aromatic rings. The third-order valence-corrected chi connectivity index (χ3v) is 3.52. The largest absolute Gasteiger partial charge is 0.382 e. The number of rotatable bonds is 5. The molecule has 18 heavy (non-hydrogen) atoms. The number of nitro benzene ring substituents is 1. The summed E-state index contributed by atoms with van der Waals surface area (Å²) in [5.41, 5.74) is 0.361. The van der Waals surface area contributed by atoms with Gasteiger partial charge in [-0.2, -0.15) is 0 Å². The van der Waals surface area contributed by atoms with Crippen LogP contribution in [0.1, 0.15) is 6.92 Å². The summed E-state index contributed by atoms with van der Waals surface area (Å²) in [5.74, 6) is -0.0262. The predicted octanol–water partition coefficient (Wildman–Crippen LogP) is 2.09. The number of anilines is 1. The van der Waals surface area contributed by atoms with E-state index in [1.54, 1.807) is 6.92 Å². The zero-order valence-corrected chi connectivity index (χ0v) is 11.5. The van der Waals surface area contributed by atoms with E-state index in [2.05, 4.69) is 5.32 Å². The molecule has 0 amide bonds. The maximum atomic E-state index is 11.1. The van der Waals surface area contributed by atoms with Crippen molar-refractivity contribution < 1.29 is 13.3 Å². The Kier molecular flexibility index (Phi) is 4.53. The van der Waals surface area contributed by atoms with Crippen molar-refractivity contribution in [2.24, 2.45) is 0 Å². The molecular formula is C10H13ClN2O4S. The molecule has 0 bridgehead atoms. The summed E-state index contributed by atoms with van der Waals surface area (Å²) in [6.45, 7) is 1.70. The quantitative estimate of drug-likeness (QED) is 0.663. The van der Waals surface area contributed by atoms with Crippen molar-refractivity contribution in [2.45, 2.75) is 13.0 Å². The standard InChI is InChI=1S/C10H13ClN2O4S/c1-7(6-18(2,16)17)12-8-3-4-10(13(14)15)9(11)5-8/h3-5,7,12H,6H2,1-2H3. The van der Waals surface area contributed by atoms with Gasteiger partial charge in [0.05, 0.1) is 10.7 Å². The van der Waals surface area contributed by atoms with Crippen molar-refractivity contribution >= 4 is 32.8 Å². The molecule has 1 unspecified atom stereocenters. The Hall–Kier alpha value is -1.34. The fourth-order valence-electron chi connectivity index (χ4n) is 1.53. The Bertz CT molecular complexity index is 559. The SMILES string of the molecule is CC(CS(C)(=O)=O)Nc1ccc([N+](=O)[O-])c(Cl)c1. The molecule has 0 aliphatic carbocycles. The smallest absolute Gasteiger partial charge is 0.288 e. The number of halogens is 1. The Labute approximate surface area is 110 Å². The molecule has 1 atom stereocenters. The van der Waals surface area contributed by atoms with Crippen molar-refractivity contribution in [3.8, 4) is 0 Å². The van der Waals surface area contributed by atoms with Gasteiger partial charge in [0, 0.05) is 24.1 Å². The fourth-order valence-corrected chi connectivity index (χ4v) is 2.77. The molecule has 1 N–H and O–H groups in total. The average molecular weight is 293 g/mol. The van der Waals surface area contributed by atoms with Gasteiger partial charge in [-0.25, -0.2) is 8.42 Å². The molecule has 1 rings (SSSR count). The number of nitrogens with one attached hydrogen (secondary N) is 1. The summed E-state index contributed by atoms with van der Waals surface area (Å²) in [4.78, 5) is 9.99. The maximum Gasteiger partial charge on any atom is 0.288 e. The molecule has 0 radical (unpaired) electrons. The van der Waals surface area contributed by atoms with Gasteiger partial charge >= 0.3 is 0 Å². The van der Waals surface area contributed by atoms with E-state index in [0.29, 0.717) is 5.69 Å². The van der Waals surface area contributed by atoms with Crippen LogP contribution in [0.4, 0.5) is 11.4 Å². The van der Waals surface area contributed by atoms with Gasteiger partial charge in [0.1, 0.15) is 14.9 Å². The second kappa shape index (κ2) is 5.53.